The lowest BCUT2D eigenvalue weighted by Gasteiger charge is -2.38. The fraction of sp³-hybridized carbons (Fsp3) is 0.172. The molecule has 0 unspecified atom stereocenters. The molecule has 1 aliphatic heterocycles. The van der Waals surface area contributed by atoms with Crippen LogP contribution in [0.25, 0.3) is 0 Å². The monoisotopic (exact) mass is 468 g/mol. The molecular formula is C29H28N2O2S. The molecule has 0 atom stereocenters. The van der Waals surface area contributed by atoms with Crippen molar-refractivity contribution in [3.05, 3.63) is 108 Å². The third-order valence-electron chi connectivity index (χ3n) is 6.35. The topological polar surface area (TPSA) is 70.5 Å². The van der Waals surface area contributed by atoms with Crippen molar-refractivity contribution >= 4 is 23.1 Å². The Morgan fingerprint density at radius 1 is 0.559 bits per heavy atom. The van der Waals surface area contributed by atoms with Gasteiger partial charge in [0.15, 0.2) is 0 Å². The smallest absolute Gasteiger partial charge is 0.129 e. The summed E-state index contributed by atoms with van der Waals surface area (Å²) in [7, 11) is 0. The lowest BCUT2D eigenvalue weighted by atomic mass is 9.70. The number of nitrogen functional groups attached to an aromatic ring is 2. The summed E-state index contributed by atoms with van der Waals surface area (Å²) in [5.41, 5.74) is 15.8. The molecule has 0 saturated carbocycles. The Kier molecular flexibility index (Phi) is 6.37. The zero-order valence-corrected chi connectivity index (χ0v) is 19.8. The minimum Gasteiger partial charge on any atom is -0.457 e. The van der Waals surface area contributed by atoms with Crippen molar-refractivity contribution < 1.29 is 9.47 Å². The first-order chi connectivity index (χ1) is 16.6. The molecule has 0 spiro atoms. The van der Waals surface area contributed by atoms with Crippen LogP contribution in [0.15, 0.2) is 97.1 Å². The highest BCUT2D eigenvalue weighted by molar-refractivity contribution is 7.99. The molecule has 4 nitrogen and oxygen atoms in total. The molecule has 1 fully saturated rings. The van der Waals surface area contributed by atoms with Crippen molar-refractivity contribution in [2.45, 2.75) is 18.3 Å². The molecule has 0 amide bonds. The molecule has 4 N–H and O–H groups in total. The molecule has 5 heteroatoms. The lowest BCUT2D eigenvalue weighted by Crippen LogP contribution is -2.32. The third-order valence-corrected chi connectivity index (χ3v) is 7.33. The van der Waals surface area contributed by atoms with Crippen LogP contribution in [-0.4, -0.2) is 11.5 Å². The van der Waals surface area contributed by atoms with Gasteiger partial charge in [-0.15, -0.1) is 0 Å². The Hall–Kier alpha value is -3.57. The van der Waals surface area contributed by atoms with E-state index in [2.05, 4.69) is 48.5 Å². The second-order valence-electron chi connectivity index (χ2n) is 8.59. The molecule has 4 aromatic carbocycles. The van der Waals surface area contributed by atoms with E-state index < -0.39 is 0 Å². The summed E-state index contributed by atoms with van der Waals surface area (Å²) in [4.78, 5) is 0. The van der Waals surface area contributed by atoms with Crippen LogP contribution in [0.2, 0.25) is 0 Å². The number of anilines is 2. The van der Waals surface area contributed by atoms with Gasteiger partial charge >= 0.3 is 0 Å². The lowest BCUT2D eigenvalue weighted by molar-refractivity contribution is 0.464. The van der Waals surface area contributed by atoms with Gasteiger partial charge in [0.1, 0.15) is 23.0 Å². The quantitative estimate of drug-likeness (QED) is 0.292. The second-order valence-corrected chi connectivity index (χ2v) is 9.82. The van der Waals surface area contributed by atoms with Crippen LogP contribution in [0.4, 0.5) is 11.4 Å². The van der Waals surface area contributed by atoms with Crippen molar-refractivity contribution in [2.24, 2.45) is 0 Å². The van der Waals surface area contributed by atoms with Gasteiger partial charge in [0, 0.05) is 28.9 Å². The Balaban J connectivity index is 1.39. The standard InChI is InChI=1S/C29H28N2O2S/c30-23-3-1-5-27(19-23)32-25-11-7-21(8-12-25)29(15-17-34-18-16-29)22-9-13-26(14-10-22)33-28-6-2-4-24(31)20-28/h1-14,19-20H,15-18,30-31H2. The first-order valence-electron chi connectivity index (χ1n) is 11.5. The fourth-order valence-corrected chi connectivity index (χ4v) is 5.77. The Morgan fingerprint density at radius 3 is 1.41 bits per heavy atom. The fourth-order valence-electron chi connectivity index (χ4n) is 4.58. The van der Waals surface area contributed by atoms with E-state index >= 15 is 0 Å². The summed E-state index contributed by atoms with van der Waals surface area (Å²) in [6.45, 7) is 0. The molecule has 1 aliphatic rings. The van der Waals surface area contributed by atoms with Gasteiger partial charge in [0.25, 0.3) is 0 Å². The molecule has 1 heterocycles. The predicted octanol–water partition coefficient (Wildman–Crippen LogP) is 7.25. The normalized spacial score (nSPS) is 14.9. The number of thioether (sulfide) groups is 1. The van der Waals surface area contributed by atoms with Gasteiger partial charge in [0.2, 0.25) is 0 Å². The van der Waals surface area contributed by atoms with Crippen LogP contribution in [0.1, 0.15) is 24.0 Å². The van der Waals surface area contributed by atoms with Crippen LogP contribution in [-0.2, 0) is 5.41 Å². The van der Waals surface area contributed by atoms with E-state index in [9.17, 15) is 0 Å². The Bertz CT molecular complexity index is 1160. The van der Waals surface area contributed by atoms with E-state index in [4.69, 9.17) is 20.9 Å². The van der Waals surface area contributed by atoms with Gasteiger partial charge in [-0.05, 0) is 84.0 Å². The summed E-state index contributed by atoms with van der Waals surface area (Å²) in [5, 5.41) is 0. The summed E-state index contributed by atoms with van der Waals surface area (Å²) in [6.07, 6.45) is 2.20. The van der Waals surface area contributed by atoms with Crippen LogP contribution >= 0.6 is 11.8 Å². The van der Waals surface area contributed by atoms with Gasteiger partial charge < -0.3 is 20.9 Å². The van der Waals surface area contributed by atoms with Crippen molar-refractivity contribution in [3.63, 3.8) is 0 Å². The maximum Gasteiger partial charge on any atom is 0.129 e. The molecule has 1 saturated heterocycles. The molecule has 0 radical (unpaired) electrons. The zero-order valence-electron chi connectivity index (χ0n) is 18.9. The van der Waals surface area contributed by atoms with Crippen LogP contribution in [0, 0.1) is 0 Å². The molecule has 0 bridgehead atoms. The Morgan fingerprint density at radius 2 is 1.00 bits per heavy atom. The summed E-state index contributed by atoms with van der Waals surface area (Å²) in [6, 6.07) is 32.0. The maximum atomic E-state index is 6.01. The number of hydrogen-bond donors (Lipinski definition) is 2. The number of hydrogen-bond acceptors (Lipinski definition) is 5. The van der Waals surface area contributed by atoms with Crippen molar-refractivity contribution in [1.82, 2.24) is 0 Å². The zero-order chi connectivity index (χ0) is 23.4. The molecular weight excluding hydrogens is 440 g/mol. The molecule has 34 heavy (non-hydrogen) atoms. The minimum atomic E-state index is -0.0172. The second kappa shape index (κ2) is 9.74. The molecule has 5 rings (SSSR count). The van der Waals surface area contributed by atoms with Gasteiger partial charge in [-0.1, -0.05) is 36.4 Å². The SMILES string of the molecule is Nc1cccc(Oc2ccc(C3(c4ccc(Oc5cccc(N)c5)cc4)CCSCC3)cc2)c1. The number of nitrogens with two attached hydrogens (primary N) is 2. The van der Waals surface area contributed by atoms with E-state index in [1.807, 2.05) is 60.3 Å². The first-order valence-corrected chi connectivity index (χ1v) is 12.6. The summed E-state index contributed by atoms with van der Waals surface area (Å²) >= 11 is 2.03. The van der Waals surface area contributed by atoms with E-state index in [0.717, 1.165) is 47.3 Å². The van der Waals surface area contributed by atoms with Gasteiger partial charge in [-0.2, -0.15) is 11.8 Å². The number of ether oxygens (including phenoxy) is 2. The molecule has 4 aromatic rings. The van der Waals surface area contributed by atoms with Gasteiger partial charge in [-0.3, -0.25) is 0 Å². The third kappa shape index (κ3) is 4.85. The number of rotatable bonds is 6. The highest BCUT2D eigenvalue weighted by Crippen LogP contribution is 2.45. The minimum absolute atomic E-state index is 0.0172. The van der Waals surface area contributed by atoms with Gasteiger partial charge in [-0.25, -0.2) is 0 Å². The summed E-state index contributed by atoms with van der Waals surface area (Å²) in [5.74, 6) is 5.38. The largest absolute Gasteiger partial charge is 0.457 e. The summed E-state index contributed by atoms with van der Waals surface area (Å²) < 4.78 is 12.0. The highest BCUT2D eigenvalue weighted by Gasteiger charge is 2.36. The van der Waals surface area contributed by atoms with Crippen molar-refractivity contribution in [3.8, 4) is 23.0 Å². The van der Waals surface area contributed by atoms with Gasteiger partial charge in [0.05, 0.1) is 0 Å². The van der Waals surface area contributed by atoms with E-state index in [-0.39, 0.29) is 5.41 Å². The average molecular weight is 469 g/mol. The van der Waals surface area contributed by atoms with Crippen molar-refractivity contribution in [2.75, 3.05) is 23.0 Å². The van der Waals surface area contributed by atoms with Crippen LogP contribution < -0.4 is 20.9 Å². The van der Waals surface area contributed by atoms with Crippen LogP contribution in [0.3, 0.4) is 0 Å². The highest BCUT2D eigenvalue weighted by atomic mass is 32.2. The van der Waals surface area contributed by atoms with Crippen LogP contribution in [0.5, 0.6) is 23.0 Å². The van der Waals surface area contributed by atoms with E-state index in [1.165, 1.54) is 11.1 Å². The van der Waals surface area contributed by atoms with E-state index in [1.54, 1.807) is 0 Å². The molecule has 0 aliphatic carbocycles. The maximum absolute atomic E-state index is 6.01. The predicted molar refractivity (Wildman–Crippen MR) is 142 cm³/mol. The molecule has 0 aromatic heterocycles. The Labute approximate surface area is 204 Å². The van der Waals surface area contributed by atoms with Crippen molar-refractivity contribution in [1.29, 1.82) is 0 Å². The number of benzene rings is 4. The first kappa shape index (κ1) is 22.2. The average Bonchev–Trinajstić information content (AvgIpc) is 2.85. The van der Waals surface area contributed by atoms with E-state index in [0.29, 0.717) is 11.4 Å². The molecule has 172 valence electrons.